The van der Waals surface area contributed by atoms with Gasteiger partial charge in [-0.15, -0.1) is 0 Å². The summed E-state index contributed by atoms with van der Waals surface area (Å²) in [6.45, 7) is 4.90. The van der Waals surface area contributed by atoms with Crippen LogP contribution in [0.25, 0.3) is 0 Å². The van der Waals surface area contributed by atoms with Crippen molar-refractivity contribution in [3.05, 3.63) is 0 Å². The summed E-state index contributed by atoms with van der Waals surface area (Å²) in [5, 5.41) is 8.82. The highest BCUT2D eigenvalue weighted by molar-refractivity contribution is 5.76. The molecular weight excluding hydrogens is 240 g/mol. The first-order chi connectivity index (χ1) is 9.29. The number of aliphatic hydroxyl groups excluding tert-OH is 1. The van der Waals surface area contributed by atoms with Crippen molar-refractivity contribution >= 4 is 5.91 Å². The monoisotopic (exact) mass is 268 g/mol. The van der Waals surface area contributed by atoms with Crippen molar-refractivity contribution in [2.24, 2.45) is 5.92 Å². The molecule has 0 aromatic carbocycles. The Hall–Kier alpha value is -0.610. The topological polar surface area (TPSA) is 43.8 Å². The first kappa shape index (κ1) is 14.8. The molecule has 1 aliphatic heterocycles. The largest absolute Gasteiger partial charge is 0.396 e. The minimum absolute atomic E-state index is 0.264. The average molecular weight is 268 g/mol. The molecule has 2 fully saturated rings. The minimum Gasteiger partial charge on any atom is -0.396 e. The molecule has 1 N–H and O–H groups in total. The van der Waals surface area contributed by atoms with Gasteiger partial charge in [-0.2, -0.15) is 0 Å². The fraction of sp³-hybridized carbons (Fsp3) is 0.933. The lowest BCUT2D eigenvalue weighted by Gasteiger charge is -2.34. The van der Waals surface area contributed by atoms with Gasteiger partial charge in [0, 0.05) is 45.8 Å². The zero-order valence-corrected chi connectivity index (χ0v) is 12.0. The number of piperazine rings is 1. The molecule has 0 radical (unpaired) electrons. The molecule has 2 rings (SSSR count). The predicted octanol–water partition coefficient (Wildman–Crippen LogP) is 1.48. The van der Waals surface area contributed by atoms with Gasteiger partial charge in [-0.05, 0) is 18.8 Å². The van der Waals surface area contributed by atoms with Gasteiger partial charge in [0.2, 0.25) is 5.91 Å². The molecule has 1 heterocycles. The van der Waals surface area contributed by atoms with Crippen LogP contribution in [0, 0.1) is 5.92 Å². The zero-order chi connectivity index (χ0) is 13.5. The maximum Gasteiger partial charge on any atom is 0.222 e. The molecule has 19 heavy (non-hydrogen) atoms. The molecule has 0 bridgehead atoms. The van der Waals surface area contributed by atoms with Crippen molar-refractivity contribution in [1.29, 1.82) is 0 Å². The Bertz CT molecular complexity index is 269. The molecule has 1 amide bonds. The maximum atomic E-state index is 12.1. The van der Waals surface area contributed by atoms with Crippen molar-refractivity contribution in [3.63, 3.8) is 0 Å². The smallest absolute Gasteiger partial charge is 0.222 e. The fourth-order valence-corrected chi connectivity index (χ4v) is 3.30. The number of carbonyl (C=O) groups excluding carboxylic acids is 1. The van der Waals surface area contributed by atoms with Crippen LogP contribution in [0.4, 0.5) is 0 Å². The van der Waals surface area contributed by atoms with Crippen molar-refractivity contribution in [3.8, 4) is 0 Å². The summed E-state index contributed by atoms with van der Waals surface area (Å²) in [6.07, 6.45) is 8.09. The van der Waals surface area contributed by atoms with Gasteiger partial charge in [-0.1, -0.05) is 25.7 Å². The van der Waals surface area contributed by atoms with E-state index >= 15 is 0 Å². The highest BCUT2D eigenvalue weighted by Gasteiger charge is 2.22. The van der Waals surface area contributed by atoms with E-state index in [1.54, 1.807) is 0 Å². The molecule has 0 aromatic rings. The number of rotatable bonds is 6. The van der Waals surface area contributed by atoms with Crippen molar-refractivity contribution in [2.75, 3.05) is 39.3 Å². The number of carbonyl (C=O) groups is 1. The van der Waals surface area contributed by atoms with Gasteiger partial charge >= 0.3 is 0 Å². The second-order valence-corrected chi connectivity index (χ2v) is 5.99. The lowest BCUT2D eigenvalue weighted by Crippen LogP contribution is -2.48. The van der Waals surface area contributed by atoms with Crippen molar-refractivity contribution in [2.45, 2.75) is 44.9 Å². The summed E-state index contributed by atoms with van der Waals surface area (Å²) >= 11 is 0. The third-order valence-electron chi connectivity index (χ3n) is 4.60. The molecule has 0 aromatic heterocycles. The van der Waals surface area contributed by atoms with E-state index in [0.29, 0.717) is 5.91 Å². The third kappa shape index (κ3) is 4.77. The van der Waals surface area contributed by atoms with E-state index < -0.39 is 0 Å². The van der Waals surface area contributed by atoms with Crippen molar-refractivity contribution < 1.29 is 9.90 Å². The summed E-state index contributed by atoms with van der Waals surface area (Å²) in [5.41, 5.74) is 0. The predicted molar refractivity (Wildman–Crippen MR) is 75.9 cm³/mol. The van der Waals surface area contributed by atoms with Crippen LogP contribution in [0.2, 0.25) is 0 Å². The summed E-state index contributed by atoms with van der Waals surface area (Å²) in [7, 11) is 0. The van der Waals surface area contributed by atoms with Crippen LogP contribution >= 0.6 is 0 Å². The number of hydrogen-bond acceptors (Lipinski definition) is 3. The Kier molecular flexibility index (Phi) is 6.11. The van der Waals surface area contributed by atoms with Gasteiger partial charge in [0.25, 0.3) is 0 Å². The normalized spacial score (nSPS) is 22.1. The quantitative estimate of drug-likeness (QED) is 0.793. The Morgan fingerprint density at radius 1 is 1.11 bits per heavy atom. The Morgan fingerprint density at radius 2 is 1.79 bits per heavy atom. The molecule has 4 nitrogen and oxygen atoms in total. The van der Waals surface area contributed by atoms with Crippen LogP contribution in [0.3, 0.4) is 0 Å². The molecule has 1 saturated carbocycles. The molecule has 4 heteroatoms. The van der Waals surface area contributed by atoms with Crippen LogP contribution in [0.1, 0.15) is 44.9 Å². The van der Waals surface area contributed by atoms with E-state index in [0.717, 1.165) is 57.9 Å². The Labute approximate surface area is 116 Å². The van der Waals surface area contributed by atoms with Gasteiger partial charge in [-0.3, -0.25) is 9.69 Å². The molecule has 0 spiro atoms. The molecule has 0 unspecified atom stereocenters. The number of amides is 1. The van der Waals surface area contributed by atoms with E-state index in [1.807, 2.05) is 4.90 Å². The van der Waals surface area contributed by atoms with Crippen LogP contribution in [-0.2, 0) is 4.79 Å². The molecule has 2 aliphatic rings. The lowest BCUT2D eigenvalue weighted by molar-refractivity contribution is -0.133. The second-order valence-electron chi connectivity index (χ2n) is 5.99. The first-order valence-electron chi connectivity index (χ1n) is 7.90. The van der Waals surface area contributed by atoms with Gasteiger partial charge in [0.05, 0.1) is 0 Å². The number of nitrogens with zero attached hydrogens (tertiary/aromatic N) is 2. The van der Waals surface area contributed by atoms with E-state index in [-0.39, 0.29) is 6.61 Å². The average Bonchev–Trinajstić information content (AvgIpc) is 2.96. The third-order valence-corrected chi connectivity index (χ3v) is 4.60. The van der Waals surface area contributed by atoms with Gasteiger partial charge in [0.1, 0.15) is 0 Å². The first-order valence-corrected chi connectivity index (χ1v) is 7.90. The number of aliphatic hydroxyl groups is 1. The Morgan fingerprint density at radius 3 is 2.42 bits per heavy atom. The highest BCUT2D eigenvalue weighted by Crippen LogP contribution is 2.28. The maximum absolute atomic E-state index is 12.1. The summed E-state index contributed by atoms with van der Waals surface area (Å²) in [4.78, 5) is 16.5. The lowest BCUT2D eigenvalue weighted by atomic mass is 10.0. The van der Waals surface area contributed by atoms with E-state index in [1.165, 1.54) is 25.7 Å². The molecule has 0 atom stereocenters. The minimum atomic E-state index is 0.264. The fourth-order valence-electron chi connectivity index (χ4n) is 3.30. The second kappa shape index (κ2) is 7.85. The van der Waals surface area contributed by atoms with E-state index in [9.17, 15) is 4.79 Å². The van der Waals surface area contributed by atoms with Gasteiger partial charge in [-0.25, -0.2) is 0 Å². The summed E-state index contributed by atoms with van der Waals surface area (Å²) in [5.74, 6) is 1.17. The standard InChI is InChI=1S/C15H28N2O2/c18-13-3-8-16-9-11-17(12-10-16)15(19)7-6-14-4-1-2-5-14/h14,18H,1-13H2. The zero-order valence-electron chi connectivity index (χ0n) is 12.0. The number of hydrogen-bond donors (Lipinski definition) is 1. The molecule has 1 aliphatic carbocycles. The van der Waals surface area contributed by atoms with E-state index in [2.05, 4.69) is 4.90 Å². The van der Waals surface area contributed by atoms with Crippen LogP contribution in [-0.4, -0.2) is 60.1 Å². The van der Waals surface area contributed by atoms with Gasteiger partial charge in [0.15, 0.2) is 0 Å². The van der Waals surface area contributed by atoms with E-state index in [4.69, 9.17) is 5.11 Å². The molecular formula is C15H28N2O2. The summed E-state index contributed by atoms with van der Waals surface area (Å²) in [6, 6.07) is 0. The molecule has 1 saturated heterocycles. The highest BCUT2D eigenvalue weighted by atomic mass is 16.3. The van der Waals surface area contributed by atoms with Crippen LogP contribution in [0.15, 0.2) is 0 Å². The van der Waals surface area contributed by atoms with Crippen molar-refractivity contribution in [1.82, 2.24) is 9.80 Å². The Balaban J connectivity index is 1.61. The van der Waals surface area contributed by atoms with Gasteiger partial charge < -0.3 is 10.0 Å². The summed E-state index contributed by atoms with van der Waals surface area (Å²) < 4.78 is 0. The van der Waals surface area contributed by atoms with Crippen LogP contribution in [0.5, 0.6) is 0 Å². The van der Waals surface area contributed by atoms with Crippen LogP contribution < -0.4 is 0 Å². The SMILES string of the molecule is O=C(CCC1CCCC1)N1CCN(CCCO)CC1. The molecule has 110 valence electrons.